The third kappa shape index (κ3) is 4.01. The summed E-state index contributed by atoms with van der Waals surface area (Å²) in [5.74, 6) is -0.401. The second-order valence-corrected chi connectivity index (χ2v) is 8.97. The largest absolute Gasteiger partial charge is 0.466 e. The van der Waals surface area contributed by atoms with Crippen molar-refractivity contribution < 1.29 is 22.7 Å². The van der Waals surface area contributed by atoms with Crippen LogP contribution in [0.25, 0.3) is 0 Å². The summed E-state index contributed by atoms with van der Waals surface area (Å²) >= 11 is 0. The van der Waals surface area contributed by atoms with Crippen LogP contribution < -0.4 is 4.90 Å². The van der Waals surface area contributed by atoms with Gasteiger partial charge in [0, 0.05) is 31.7 Å². The minimum Gasteiger partial charge on any atom is -0.466 e. The number of esters is 1. The van der Waals surface area contributed by atoms with Crippen molar-refractivity contribution in [2.75, 3.05) is 31.1 Å². The molecule has 7 nitrogen and oxygen atoms in total. The van der Waals surface area contributed by atoms with Gasteiger partial charge < -0.3 is 9.64 Å². The Bertz CT molecular complexity index is 829. The van der Waals surface area contributed by atoms with Crippen molar-refractivity contribution >= 4 is 27.6 Å². The number of anilines is 1. The summed E-state index contributed by atoms with van der Waals surface area (Å²) in [5.41, 5.74) is 1.55. The van der Waals surface area contributed by atoms with Crippen LogP contribution in [0.2, 0.25) is 0 Å². The zero-order chi connectivity index (χ0) is 19.6. The van der Waals surface area contributed by atoms with Gasteiger partial charge in [0.25, 0.3) is 0 Å². The van der Waals surface area contributed by atoms with Gasteiger partial charge in [0.15, 0.2) is 0 Å². The van der Waals surface area contributed by atoms with E-state index in [9.17, 15) is 18.0 Å². The molecule has 2 saturated heterocycles. The highest BCUT2D eigenvalue weighted by Gasteiger charge is 2.33. The highest BCUT2D eigenvalue weighted by molar-refractivity contribution is 7.89. The molecular formula is C19H26N2O5S. The van der Waals surface area contributed by atoms with Crippen LogP contribution in [0.4, 0.5) is 5.69 Å². The van der Waals surface area contributed by atoms with Crippen molar-refractivity contribution in [2.45, 2.75) is 44.4 Å². The predicted octanol–water partition coefficient (Wildman–Crippen LogP) is 2.09. The molecule has 148 valence electrons. The van der Waals surface area contributed by atoms with Crippen LogP contribution in [-0.4, -0.2) is 50.8 Å². The van der Waals surface area contributed by atoms with Gasteiger partial charge in [-0.3, -0.25) is 9.59 Å². The molecule has 1 amide bonds. The Kier molecular flexibility index (Phi) is 5.86. The lowest BCUT2D eigenvalue weighted by molar-refractivity contribution is -0.149. The maximum absolute atomic E-state index is 13.0. The van der Waals surface area contributed by atoms with Gasteiger partial charge in [-0.1, -0.05) is 0 Å². The monoisotopic (exact) mass is 394 g/mol. The molecule has 1 aromatic rings. The number of hydrogen-bond donors (Lipinski definition) is 0. The molecule has 27 heavy (non-hydrogen) atoms. The van der Waals surface area contributed by atoms with E-state index in [1.165, 1.54) is 4.31 Å². The molecule has 3 rings (SSSR count). The number of ether oxygens (including phenoxy) is 1. The molecule has 0 unspecified atom stereocenters. The van der Waals surface area contributed by atoms with Crippen LogP contribution in [0.15, 0.2) is 23.1 Å². The summed E-state index contributed by atoms with van der Waals surface area (Å²) < 4.78 is 32.4. The van der Waals surface area contributed by atoms with Crippen molar-refractivity contribution in [2.24, 2.45) is 5.92 Å². The van der Waals surface area contributed by atoms with Gasteiger partial charge in [-0.25, -0.2) is 8.42 Å². The summed E-state index contributed by atoms with van der Waals surface area (Å²) in [7, 11) is -3.62. The number of benzene rings is 1. The molecule has 0 spiro atoms. The molecule has 2 aliphatic rings. The molecule has 2 heterocycles. The molecule has 0 saturated carbocycles. The summed E-state index contributed by atoms with van der Waals surface area (Å²) in [6, 6.07) is 4.92. The van der Waals surface area contributed by atoms with Gasteiger partial charge in [-0.05, 0) is 56.9 Å². The Morgan fingerprint density at radius 2 is 1.93 bits per heavy atom. The van der Waals surface area contributed by atoms with Crippen molar-refractivity contribution in [3.05, 3.63) is 23.8 Å². The number of hydrogen-bond acceptors (Lipinski definition) is 5. The van der Waals surface area contributed by atoms with Crippen molar-refractivity contribution in [1.82, 2.24) is 4.31 Å². The third-order valence-electron chi connectivity index (χ3n) is 5.24. The van der Waals surface area contributed by atoms with Crippen LogP contribution in [0.1, 0.15) is 38.2 Å². The zero-order valence-corrected chi connectivity index (χ0v) is 16.6. The van der Waals surface area contributed by atoms with E-state index < -0.39 is 10.0 Å². The summed E-state index contributed by atoms with van der Waals surface area (Å²) in [6.07, 6.45) is 2.30. The number of carbonyl (C=O) groups excluding carboxylic acids is 2. The SMILES string of the molecule is CCOC(=O)C1CCN(S(=O)(=O)c2ccc(N3CCCC3=O)c(C)c2)CC1. The van der Waals surface area contributed by atoms with E-state index in [4.69, 9.17) is 4.74 Å². The third-order valence-corrected chi connectivity index (χ3v) is 7.14. The van der Waals surface area contributed by atoms with E-state index in [1.54, 1.807) is 30.0 Å². The summed E-state index contributed by atoms with van der Waals surface area (Å²) in [4.78, 5) is 25.7. The van der Waals surface area contributed by atoms with Crippen LogP contribution in [0.3, 0.4) is 0 Å². The maximum Gasteiger partial charge on any atom is 0.309 e. The minimum atomic E-state index is -3.62. The fraction of sp³-hybridized carbons (Fsp3) is 0.579. The zero-order valence-electron chi connectivity index (χ0n) is 15.8. The lowest BCUT2D eigenvalue weighted by Crippen LogP contribution is -2.40. The lowest BCUT2D eigenvalue weighted by Gasteiger charge is -2.30. The van der Waals surface area contributed by atoms with Crippen LogP contribution >= 0.6 is 0 Å². The van der Waals surface area contributed by atoms with E-state index in [-0.39, 0.29) is 22.7 Å². The topological polar surface area (TPSA) is 84.0 Å². The van der Waals surface area contributed by atoms with Crippen molar-refractivity contribution in [3.8, 4) is 0 Å². The number of sulfonamides is 1. The van der Waals surface area contributed by atoms with Crippen LogP contribution in [0, 0.1) is 12.8 Å². The molecule has 1 aromatic carbocycles. The summed E-state index contributed by atoms with van der Waals surface area (Å²) in [5, 5.41) is 0. The van der Waals surface area contributed by atoms with E-state index in [2.05, 4.69) is 0 Å². The lowest BCUT2D eigenvalue weighted by atomic mass is 9.98. The molecule has 0 aliphatic carbocycles. The first-order chi connectivity index (χ1) is 12.8. The molecule has 0 atom stereocenters. The standard InChI is InChI=1S/C19H26N2O5S/c1-3-26-19(23)15-8-11-20(12-9-15)27(24,25)16-6-7-17(14(2)13-16)21-10-4-5-18(21)22/h6-7,13,15H,3-5,8-12H2,1-2H3. The molecule has 0 radical (unpaired) electrons. The first kappa shape index (κ1) is 19.8. The smallest absolute Gasteiger partial charge is 0.309 e. The van der Waals surface area contributed by atoms with Gasteiger partial charge in [0.05, 0.1) is 17.4 Å². The fourth-order valence-electron chi connectivity index (χ4n) is 3.74. The molecule has 0 N–H and O–H groups in total. The maximum atomic E-state index is 13.0. The van der Waals surface area contributed by atoms with Crippen molar-refractivity contribution in [1.29, 1.82) is 0 Å². The normalized spacial score (nSPS) is 19.5. The van der Waals surface area contributed by atoms with Gasteiger partial charge in [-0.2, -0.15) is 4.31 Å². The molecule has 8 heteroatoms. The molecular weight excluding hydrogens is 368 g/mol. The Morgan fingerprint density at radius 3 is 2.48 bits per heavy atom. The summed E-state index contributed by atoms with van der Waals surface area (Å²) in [6.45, 7) is 5.20. The van der Waals surface area contributed by atoms with E-state index in [1.807, 2.05) is 6.92 Å². The van der Waals surface area contributed by atoms with E-state index in [0.29, 0.717) is 45.5 Å². The van der Waals surface area contributed by atoms with Gasteiger partial charge in [0.2, 0.25) is 15.9 Å². The second kappa shape index (κ2) is 7.98. The quantitative estimate of drug-likeness (QED) is 0.714. The number of aryl methyl sites for hydroxylation is 1. The second-order valence-electron chi connectivity index (χ2n) is 7.03. The van der Waals surface area contributed by atoms with Crippen LogP contribution in [0.5, 0.6) is 0 Å². The number of nitrogens with zero attached hydrogens (tertiary/aromatic N) is 2. The first-order valence-electron chi connectivity index (χ1n) is 9.42. The average Bonchev–Trinajstić information content (AvgIpc) is 3.07. The van der Waals surface area contributed by atoms with Gasteiger partial charge >= 0.3 is 5.97 Å². The molecule has 0 bridgehead atoms. The molecule has 0 aromatic heterocycles. The Labute approximate surface area is 160 Å². The van der Waals surface area contributed by atoms with Gasteiger partial charge in [-0.15, -0.1) is 0 Å². The Hall–Kier alpha value is -1.93. The Balaban J connectivity index is 1.73. The number of piperidine rings is 1. The predicted molar refractivity (Wildman–Crippen MR) is 101 cm³/mol. The number of rotatable bonds is 5. The number of carbonyl (C=O) groups is 2. The highest BCUT2D eigenvalue weighted by atomic mass is 32.2. The minimum absolute atomic E-state index is 0.0785. The van der Waals surface area contributed by atoms with Crippen molar-refractivity contribution in [3.63, 3.8) is 0 Å². The molecule has 2 fully saturated rings. The van der Waals surface area contributed by atoms with Crippen LogP contribution in [-0.2, 0) is 24.3 Å². The van der Waals surface area contributed by atoms with E-state index >= 15 is 0 Å². The number of amides is 1. The fourth-order valence-corrected chi connectivity index (χ4v) is 5.29. The first-order valence-corrected chi connectivity index (χ1v) is 10.9. The average molecular weight is 394 g/mol. The Morgan fingerprint density at radius 1 is 1.22 bits per heavy atom. The van der Waals surface area contributed by atoms with E-state index in [0.717, 1.165) is 17.7 Å². The molecule has 2 aliphatic heterocycles. The highest BCUT2D eigenvalue weighted by Crippen LogP contribution is 2.30. The van der Waals surface area contributed by atoms with Gasteiger partial charge in [0.1, 0.15) is 0 Å².